The number of nitro benzene ring substituents is 1. The molecular weight excluding hydrogens is 310 g/mol. The number of nitrogens with one attached hydrogen (secondary N) is 2. The summed E-state index contributed by atoms with van der Waals surface area (Å²) in [6.45, 7) is 2.39. The molecule has 0 radical (unpaired) electrons. The Morgan fingerprint density at radius 1 is 1.21 bits per heavy atom. The van der Waals surface area contributed by atoms with Crippen LogP contribution < -0.4 is 10.6 Å². The molecule has 1 aliphatic carbocycles. The monoisotopic (exact) mass is 333 g/mol. The SMILES string of the molecule is C[C@@H]1CCCC[C@@H]1NC(=O)CCNC(=O)c1ccc([N+](=O)[O-])cc1. The molecule has 7 nitrogen and oxygen atoms in total. The van der Waals surface area contributed by atoms with Crippen LogP contribution in [0.5, 0.6) is 0 Å². The van der Waals surface area contributed by atoms with Crippen LogP contribution in [0.2, 0.25) is 0 Å². The fourth-order valence-corrected chi connectivity index (χ4v) is 2.94. The van der Waals surface area contributed by atoms with Crippen LogP contribution >= 0.6 is 0 Å². The number of amides is 2. The molecule has 24 heavy (non-hydrogen) atoms. The van der Waals surface area contributed by atoms with Crippen molar-refractivity contribution in [2.75, 3.05) is 6.54 Å². The lowest BCUT2D eigenvalue weighted by molar-refractivity contribution is -0.384. The van der Waals surface area contributed by atoms with Crippen molar-refractivity contribution < 1.29 is 14.5 Å². The normalized spacial score (nSPS) is 20.2. The van der Waals surface area contributed by atoms with Gasteiger partial charge in [-0.2, -0.15) is 0 Å². The Morgan fingerprint density at radius 2 is 1.88 bits per heavy atom. The molecule has 0 aromatic heterocycles. The van der Waals surface area contributed by atoms with Crippen LogP contribution in [0.25, 0.3) is 0 Å². The number of rotatable bonds is 6. The number of nitro groups is 1. The lowest BCUT2D eigenvalue weighted by Gasteiger charge is -2.29. The maximum absolute atomic E-state index is 12.0. The van der Waals surface area contributed by atoms with Crippen LogP contribution in [0.4, 0.5) is 5.69 Å². The van der Waals surface area contributed by atoms with E-state index in [0.717, 1.165) is 19.3 Å². The Balaban J connectivity index is 1.73. The van der Waals surface area contributed by atoms with Crippen LogP contribution in [0, 0.1) is 16.0 Å². The third kappa shape index (κ3) is 5.04. The van der Waals surface area contributed by atoms with E-state index in [1.165, 1.54) is 30.7 Å². The van der Waals surface area contributed by atoms with E-state index < -0.39 is 4.92 Å². The number of carbonyl (C=O) groups excluding carboxylic acids is 2. The van der Waals surface area contributed by atoms with Crippen molar-refractivity contribution in [3.63, 3.8) is 0 Å². The smallest absolute Gasteiger partial charge is 0.269 e. The fourth-order valence-electron chi connectivity index (χ4n) is 2.94. The van der Waals surface area contributed by atoms with Gasteiger partial charge >= 0.3 is 0 Å². The minimum absolute atomic E-state index is 0.0576. The van der Waals surface area contributed by atoms with E-state index in [-0.39, 0.29) is 36.5 Å². The lowest BCUT2D eigenvalue weighted by atomic mass is 9.86. The first-order chi connectivity index (χ1) is 11.5. The van der Waals surface area contributed by atoms with Gasteiger partial charge in [-0.05, 0) is 30.9 Å². The number of non-ortho nitro benzene ring substituents is 1. The molecule has 0 saturated heterocycles. The molecular formula is C17H23N3O4. The van der Waals surface area contributed by atoms with Crippen LogP contribution in [-0.2, 0) is 4.79 Å². The number of nitrogens with zero attached hydrogens (tertiary/aromatic N) is 1. The lowest BCUT2D eigenvalue weighted by Crippen LogP contribution is -2.42. The van der Waals surface area contributed by atoms with Crippen molar-refractivity contribution in [3.8, 4) is 0 Å². The molecule has 1 aromatic rings. The molecule has 2 atom stereocenters. The first kappa shape index (κ1) is 17.9. The average Bonchev–Trinajstić information content (AvgIpc) is 2.57. The van der Waals surface area contributed by atoms with E-state index in [1.807, 2.05) is 0 Å². The highest BCUT2D eigenvalue weighted by atomic mass is 16.6. The molecule has 0 bridgehead atoms. The summed E-state index contributed by atoms with van der Waals surface area (Å²) in [7, 11) is 0. The summed E-state index contributed by atoms with van der Waals surface area (Å²) in [6.07, 6.45) is 4.75. The van der Waals surface area contributed by atoms with Crippen LogP contribution in [-0.4, -0.2) is 29.3 Å². The molecule has 1 saturated carbocycles. The average molecular weight is 333 g/mol. The van der Waals surface area contributed by atoms with Gasteiger partial charge in [0, 0.05) is 36.7 Å². The zero-order chi connectivity index (χ0) is 17.5. The molecule has 0 heterocycles. The van der Waals surface area contributed by atoms with E-state index in [0.29, 0.717) is 11.5 Å². The minimum Gasteiger partial charge on any atom is -0.353 e. The Bertz CT molecular complexity index is 600. The van der Waals surface area contributed by atoms with Gasteiger partial charge in [0.05, 0.1) is 4.92 Å². The second-order valence-electron chi connectivity index (χ2n) is 6.25. The van der Waals surface area contributed by atoms with Crippen molar-refractivity contribution in [2.24, 2.45) is 5.92 Å². The van der Waals surface area contributed by atoms with Gasteiger partial charge in [0.1, 0.15) is 0 Å². The Morgan fingerprint density at radius 3 is 2.50 bits per heavy atom. The zero-order valence-electron chi connectivity index (χ0n) is 13.8. The fraction of sp³-hybridized carbons (Fsp3) is 0.529. The summed E-state index contributed by atoms with van der Waals surface area (Å²) in [4.78, 5) is 34.0. The maximum Gasteiger partial charge on any atom is 0.269 e. The van der Waals surface area contributed by atoms with Crippen molar-refractivity contribution in [1.82, 2.24) is 10.6 Å². The topological polar surface area (TPSA) is 101 Å². The summed E-state index contributed by atoms with van der Waals surface area (Å²) in [6, 6.07) is 5.60. The Kier molecular flexibility index (Phi) is 6.28. The highest BCUT2D eigenvalue weighted by Gasteiger charge is 2.22. The number of hydrogen-bond donors (Lipinski definition) is 2. The Hall–Kier alpha value is -2.44. The summed E-state index contributed by atoms with van der Waals surface area (Å²) in [5.74, 6) is 0.0962. The first-order valence-electron chi connectivity index (χ1n) is 8.29. The standard InChI is InChI=1S/C17H23N3O4/c1-12-4-2-3-5-15(12)19-16(21)10-11-18-17(22)13-6-8-14(9-7-13)20(23)24/h6-9,12,15H,2-5,10-11H2,1H3,(H,18,22)(H,19,21)/t12-,15+/m1/s1. The third-order valence-electron chi connectivity index (χ3n) is 4.44. The van der Waals surface area contributed by atoms with Gasteiger partial charge in [-0.1, -0.05) is 19.8 Å². The minimum atomic E-state index is -0.516. The number of hydrogen-bond acceptors (Lipinski definition) is 4. The molecule has 0 spiro atoms. The summed E-state index contributed by atoms with van der Waals surface area (Å²) >= 11 is 0. The quantitative estimate of drug-likeness (QED) is 0.616. The predicted octanol–water partition coefficient (Wildman–Crippen LogP) is 2.41. The van der Waals surface area contributed by atoms with E-state index in [4.69, 9.17) is 0 Å². The molecule has 7 heteroatoms. The number of carbonyl (C=O) groups is 2. The first-order valence-corrected chi connectivity index (χ1v) is 8.29. The zero-order valence-corrected chi connectivity index (χ0v) is 13.8. The highest BCUT2D eigenvalue weighted by Crippen LogP contribution is 2.23. The van der Waals surface area contributed by atoms with Gasteiger partial charge in [-0.3, -0.25) is 19.7 Å². The summed E-state index contributed by atoms with van der Waals surface area (Å²) in [5.41, 5.74) is 0.273. The second kappa shape index (κ2) is 8.42. The van der Waals surface area contributed by atoms with Gasteiger partial charge in [0.2, 0.25) is 5.91 Å². The van der Waals surface area contributed by atoms with Crippen molar-refractivity contribution in [2.45, 2.75) is 45.1 Å². The molecule has 1 fully saturated rings. The van der Waals surface area contributed by atoms with E-state index in [2.05, 4.69) is 17.6 Å². The van der Waals surface area contributed by atoms with Gasteiger partial charge in [0.25, 0.3) is 11.6 Å². The Labute approximate surface area is 141 Å². The van der Waals surface area contributed by atoms with Gasteiger partial charge in [-0.25, -0.2) is 0 Å². The maximum atomic E-state index is 12.0. The van der Waals surface area contributed by atoms with Crippen LogP contribution in [0.1, 0.15) is 49.4 Å². The molecule has 2 rings (SSSR count). The molecule has 0 unspecified atom stereocenters. The summed E-state index contributed by atoms with van der Waals surface area (Å²) in [5, 5.41) is 16.3. The molecule has 2 amide bonds. The van der Waals surface area contributed by atoms with Crippen molar-refractivity contribution in [3.05, 3.63) is 39.9 Å². The van der Waals surface area contributed by atoms with Gasteiger partial charge < -0.3 is 10.6 Å². The molecule has 0 aliphatic heterocycles. The highest BCUT2D eigenvalue weighted by molar-refractivity contribution is 5.94. The largest absolute Gasteiger partial charge is 0.353 e. The predicted molar refractivity (Wildman–Crippen MR) is 89.6 cm³/mol. The number of benzene rings is 1. The van der Waals surface area contributed by atoms with E-state index in [9.17, 15) is 19.7 Å². The van der Waals surface area contributed by atoms with Crippen molar-refractivity contribution >= 4 is 17.5 Å². The molecule has 1 aliphatic rings. The summed E-state index contributed by atoms with van der Waals surface area (Å²) < 4.78 is 0. The molecule has 1 aromatic carbocycles. The van der Waals surface area contributed by atoms with Gasteiger partial charge in [0.15, 0.2) is 0 Å². The van der Waals surface area contributed by atoms with Crippen LogP contribution in [0.15, 0.2) is 24.3 Å². The molecule has 130 valence electrons. The third-order valence-corrected chi connectivity index (χ3v) is 4.44. The van der Waals surface area contributed by atoms with E-state index in [1.54, 1.807) is 0 Å². The van der Waals surface area contributed by atoms with Gasteiger partial charge in [-0.15, -0.1) is 0 Å². The van der Waals surface area contributed by atoms with E-state index >= 15 is 0 Å². The molecule has 2 N–H and O–H groups in total. The van der Waals surface area contributed by atoms with Crippen LogP contribution in [0.3, 0.4) is 0 Å². The second-order valence-corrected chi connectivity index (χ2v) is 6.25. The van der Waals surface area contributed by atoms with Crippen molar-refractivity contribution in [1.29, 1.82) is 0 Å².